The molecule has 0 aliphatic carbocycles. The molecule has 0 radical (unpaired) electrons. The second-order valence-corrected chi connectivity index (χ2v) is 6.93. The van der Waals surface area contributed by atoms with E-state index in [4.69, 9.17) is 16.3 Å². The number of benzene rings is 2. The van der Waals surface area contributed by atoms with Crippen molar-refractivity contribution in [2.75, 3.05) is 5.32 Å². The quantitative estimate of drug-likeness (QED) is 0.410. The first-order valence-electron chi connectivity index (χ1n) is 9.09. The Hall–Kier alpha value is -3.59. The van der Waals surface area contributed by atoms with Crippen molar-refractivity contribution in [3.8, 4) is 17.2 Å². The van der Waals surface area contributed by atoms with E-state index in [1.807, 2.05) is 12.1 Å². The Balaban J connectivity index is 1.39. The molecule has 0 fully saturated rings. The molecule has 0 aliphatic rings. The van der Waals surface area contributed by atoms with Crippen molar-refractivity contribution in [3.63, 3.8) is 0 Å². The number of aromatic nitrogens is 4. The SMILES string of the molecule is FC(F)(F)c1cc(NCc2cn(-c3ccc(Oc4cccc(Cl)c4)cc3)nn2)ccn1. The van der Waals surface area contributed by atoms with Gasteiger partial charge in [0.2, 0.25) is 0 Å². The van der Waals surface area contributed by atoms with Crippen molar-refractivity contribution in [2.24, 2.45) is 0 Å². The van der Waals surface area contributed by atoms with Gasteiger partial charge in [-0.1, -0.05) is 22.9 Å². The summed E-state index contributed by atoms with van der Waals surface area (Å²) in [4.78, 5) is 3.33. The van der Waals surface area contributed by atoms with Crippen LogP contribution in [0, 0.1) is 0 Å². The molecule has 0 aliphatic heterocycles. The number of alkyl halides is 3. The summed E-state index contributed by atoms with van der Waals surface area (Å²) in [5, 5.41) is 11.6. The van der Waals surface area contributed by atoms with E-state index in [1.165, 1.54) is 6.07 Å². The maximum Gasteiger partial charge on any atom is 0.433 e. The van der Waals surface area contributed by atoms with E-state index in [0.717, 1.165) is 18.0 Å². The van der Waals surface area contributed by atoms with Gasteiger partial charge in [-0.2, -0.15) is 13.2 Å². The number of anilines is 1. The molecule has 0 unspecified atom stereocenters. The Morgan fingerprint density at radius 3 is 2.55 bits per heavy atom. The number of ether oxygens (including phenoxy) is 1. The van der Waals surface area contributed by atoms with Crippen molar-refractivity contribution in [3.05, 3.63) is 89.5 Å². The number of hydrogen-bond acceptors (Lipinski definition) is 5. The topological polar surface area (TPSA) is 64.9 Å². The predicted octanol–water partition coefficient (Wildman–Crippen LogP) is 5.74. The molecule has 0 bridgehead atoms. The molecule has 4 rings (SSSR count). The van der Waals surface area contributed by atoms with E-state index < -0.39 is 11.9 Å². The highest BCUT2D eigenvalue weighted by atomic mass is 35.5. The largest absolute Gasteiger partial charge is 0.457 e. The highest BCUT2D eigenvalue weighted by Gasteiger charge is 2.32. The average Bonchev–Trinajstić information content (AvgIpc) is 3.22. The summed E-state index contributed by atoms with van der Waals surface area (Å²) >= 11 is 5.95. The van der Waals surface area contributed by atoms with E-state index in [2.05, 4.69) is 20.6 Å². The fraction of sp³-hybridized carbons (Fsp3) is 0.0952. The first-order valence-corrected chi connectivity index (χ1v) is 9.47. The predicted molar refractivity (Wildman–Crippen MR) is 109 cm³/mol. The first kappa shape index (κ1) is 20.7. The van der Waals surface area contributed by atoms with E-state index in [9.17, 15) is 13.2 Å². The van der Waals surface area contributed by atoms with Gasteiger partial charge in [-0.25, -0.2) is 4.68 Å². The smallest absolute Gasteiger partial charge is 0.433 e. The molecule has 1 N–H and O–H groups in total. The summed E-state index contributed by atoms with van der Waals surface area (Å²) in [6, 6.07) is 16.7. The maximum atomic E-state index is 12.8. The van der Waals surface area contributed by atoms with Crippen LogP contribution in [0.5, 0.6) is 11.5 Å². The van der Waals surface area contributed by atoms with E-state index >= 15 is 0 Å². The molecule has 0 amide bonds. The molecule has 2 heterocycles. The lowest BCUT2D eigenvalue weighted by Gasteiger charge is -2.08. The number of rotatable bonds is 6. The molecule has 0 atom stereocenters. The van der Waals surface area contributed by atoms with Crippen LogP contribution in [0.15, 0.2) is 73.1 Å². The highest BCUT2D eigenvalue weighted by Crippen LogP contribution is 2.29. The fourth-order valence-corrected chi connectivity index (χ4v) is 2.91. The summed E-state index contributed by atoms with van der Waals surface area (Å²) in [5.41, 5.74) is 0.644. The van der Waals surface area contributed by atoms with E-state index in [0.29, 0.717) is 27.9 Å². The monoisotopic (exact) mass is 445 g/mol. The van der Waals surface area contributed by atoms with Crippen molar-refractivity contribution in [1.82, 2.24) is 20.0 Å². The lowest BCUT2D eigenvalue weighted by atomic mass is 10.3. The van der Waals surface area contributed by atoms with Crippen LogP contribution >= 0.6 is 11.6 Å². The van der Waals surface area contributed by atoms with E-state index in [-0.39, 0.29) is 6.54 Å². The maximum absolute atomic E-state index is 12.8. The van der Waals surface area contributed by atoms with Gasteiger partial charge >= 0.3 is 6.18 Å². The van der Waals surface area contributed by atoms with E-state index in [1.54, 1.807) is 47.3 Å². The van der Waals surface area contributed by atoms with Crippen molar-refractivity contribution < 1.29 is 17.9 Å². The Bertz CT molecular complexity index is 1180. The first-order chi connectivity index (χ1) is 14.9. The van der Waals surface area contributed by atoms with Crippen LogP contribution in [0.4, 0.5) is 18.9 Å². The average molecular weight is 446 g/mol. The molecule has 6 nitrogen and oxygen atoms in total. The van der Waals surface area contributed by atoms with Gasteiger partial charge in [-0.15, -0.1) is 5.10 Å². The third-order valence-corrected chi connectivity index (χ3v) is 4.43. The molecule has 2 aromatic carbocycles. The summed E-state index contributed by atoms with van der Waals surface area (Å²) < 4.78 is 45.6. The van der Waals surface area contributed by atoms with Crippen LogP contribution < -0.4 is 10.1 Å². The number of pyridine rings is 1. The van der Waals surface area contributed by atoms with Crippen LogP contribution in [-0.2, 0) is 12.7 Å². The molecular formula is C21H15ClF3N5O. The van der Waals surface area contributed by atoms with Gasteiger partial charge < -0.3 is 10.1 Å². The van der Waals surface area contributed by atoms with Crippen molar-refractivity contribution in [2.45, 2.75) is 12.7 Å². The lowest BCUT2D eigenvalue weighted by molar-refractivity contribution is -0.141. The van der Waals surface area contributed by atoms with Crippen LogP contribution in [0.2, 0.25) is 5.02 Å². The normalized spacial score (nSPS) is 11.4. The van der Waals surface area contributed by atoms with Crippen LogP contribution in [0.3, 0.4) is 0 Å². The van der Waals surface area contributed by atoms with Gasteiger partial charge in [-0.3, -0.25) is 4.98 Å². The van der Waals surface area contributed by atoms with Crippen LogP contribution in [-0.4, -0.2) is 20.0 Å². The Kier molecular flexibility index (Phi) is 5.77. The van der Waals surface area contributed by atoms with Gasteiger partial charge in [0.25, 0.3) is 0 Å². The number of hydrogen-bond donors (Lipinski definition) is 1. The molecule has 4 aromatic rings. The zero-order chi connectivity index (χ0) is 21.8. The second kappa shape index (κ2) is 8.65. The summed E-state index contributed by atoms with van der Waals surface area (Å²) in [7, 11) is 0. The minimum atomic E-state index is -4.50. The molecule has 10 heteroatoms. The van der Waals surface area contributed by atoms with Crippen LogP contribution in [0.1, 0.15) is 11.4 Å². The van der Waals surface area contributed by atoms with Crippen LogP contribution in [0.25, 0.3) is 5.69 Å². The number of nitrogens with zero attached hydrogens (tertiary/aromatic N) is 4. The molecule has 0 saturated heterocycles. The zero-order valence-corrected chi connectivity index (χ0v) is 16.6. The minimum Gasteiger partial charge on any atom is -0.457 e. The molecule has 0 spiro atoms. The molecule has 0 saturated carbocycles. The van der Waals surface area contributed by atoms with Gasteiger partial charge in [0.15, 0.2) is 0 Å². The highest BCUT2D eigenvalue weighted by molar-refractivity contribution is 6.30. The van der Waals surface area contributed by atoms with Gasteiger partial charge in [-0.05, 0) is 54.6 Å². The Morgan fingerprint density at radius 1 is 1.00 bits per heavy atom. The fourth-order valence-electron chi connectivity index (χ4n) is 2.73. The summed E-state index contributed by atoms with van der Waals surface area (Å²) in [5.74, 6) is 1.25. The molecule has 31 heavy (non-hydrogen) atoms. The standard InChI is InChI=1S/C21H15ClF3N5O/c22-14-2-1-3-19(10-14)31-18-6-4-17(5-7-18)30-13-16(28-29-30)12-27-15-8-9-26-20(11-15)21(23,24)25/h1-11,13H,12H2,(H,26,27). The van der Waals surface area contributed by atoms with Gasteiger partial charge in [0, 0.05) is 16.9 Å². The number of halogens is 4. The summed E-state index contributed by atoms with van der Waals surface area (Å²) in [6.07, 6.45) is -1.70. The van der Waals surface area contributed by atoms with Crippen molar-refractivity contribution >= 4 is 17.3 Å². The van der Waals surface area contributed by atoms with Gasteiger partial charge in [0.05, 0.1) is 18.4 Å². The van der Waals surface area contributed by atoms with Crippen molar-refractivity contribution in [1.29, 1.82) is 0 Å². The zero-order valence-electron chi connectivity index (χ0n) is 15.8. The minimum absolute atomic E-state index is 0.206. The number of nitrogens with one attached hydrogen (secondary N) is 1. The lowest BCUT2D eigenvalue weighted by Crippen LogP contribution is -2.09. The molecule has 158 valence electrons. The third-order valence-electron chi connectivity index (χ3n) is 4.20. The van der Waals surface area contributed by atoms with Gasteiger partial charge in [0.1, 0.15) is 22.9 Å². The summed E-state index contributed by atoms with van der Waals surface area (Å²) in [6.45, 7) is 0.206. The Morgan fingerprint density at radius 2 is 1.81 bits per heavy atom. The molecular weight excluding hydrogens is 431 g/mol. The Labute approximate surface area is 180 Å². The third kappa shape index (κ3) is 5.32. The molecule has 2 aromatic heterocycles. The second-order valence-electron chi connectivity index (χ2n) is 6.49.